The largest absolute Gasteiger partial charge is 0.463 e. The number of hydrogen-bond acceptors (Lipinski definition) is 5. The molecule has 42 heavy (non-hydrogen) atoms. The lowest BCUT2D eigenvalue weighted by atomic mass is 9.99. The van der Waals surface area contributed by atoms with Gasteiger partial charge in [0, 0.05) is 12.8 Å². The molecule has 0 saturated carbocycles. The molecule has 0 saturated heterocycles. The van der Waals surface area contributed by atoms with Gasteiger partial charge in [-0.15, -0.1) is 0 Å². The van der Waals surface area contributed by atoms with Crippen LogP contribution in [0.2, 0.25) is 0 Å². The number of carbonyl (C=O) groups excluding carboxylic acids is 2. The van der Waals surface area contributed by atoms with Gasteiger partial charge in [-0.1, -0.05) is 169 Å². The van der Waals surface area contributed by atoms with E-state index in [1.165, 1.54) is 122 Å². The van der Waals surface area contributed by atoms with Gasteiger partial charge in [-0.3, -0.25) is 9.59 Å². The zero-order chi connectivity index (χ0) is 31.1. The summed E-state index contributed by atoms with van der Waals surface area (Å²) in [4.78, 5) is 23.8. The minimum absolute atomic E-state index is 0.110. The van der Waals surface area contributed by atoms with Crippen LogP contribution in [-0.4, -0.2) is 36.4 Å². The van der Waals surface area contributed by atoms with E-state index >= 15 is 0 Å². The first kappa shape index (κ1) is 40.9. The molecule has 0 rings (SSSR count). The average Bonchev–Trinajstić information content (AvgIpc) is 2.99. The molecule has 0 aliphatic carbocycles. The molecule has 0 aliphatic heterocycles. The van der Waals surface area contributed by atoms with Gasteiger partial charge >= 0.3 is 11.9 Å². The van der Waals surface area contributed by atoms with E-state index in [2.05, 4.69) is 27.7 Å². The van der Waals surface area contributed by atoms with Gasteiger partial charge in [-0.05, 0) is 24.7 Å². The lowest BCUT2D eigenvalue weighted by molar-refractivity contribution is -0.152. The van der Waals surface area contributed by atoms with Gasteiger partial charge in [0.1, 0.15) is 19.3 Å². The maximum absolute atomic E-state index is 11.9. The van der Waals surface area contributed by atoms with E-state index in [1.807, 2.05) is 0 Å². The van der Waals surface area contributed by atoms with Crippen LogP contribution in [0.4, 0.5) is 0 Å². The second kappa shape index (κ2) is 31.3. The van der Waals surface area contributed by atoms with E-state index in [0.29, 0.717) is 12.8 Å². The van der Waals surface area contributed by atoms with Gasteiger partial charge in [0.15, 0.2) is 0 Å². The van der Waals surface area contributed by atoms with Crippen molar-refractivity contribution in [2.75, 3.05) is 13.2 Å². The lowest BCUT2D eigenvalue weighted by Gasteiger charge is -2.12. The number of ether oxygens (including phenoxy) is 2. The Kier molecular flexibility index (Phi) is 30.5. The molecule has 0 heterocycles. The van der Waals surface area contributed by atoms with Crippen LogP contribution in [0.15, 0.2) is 0 Å². The Balaban J connectivity index is 3.40. The van der Waals surface area contributed by atoms with Crippen LogP contribution in [-0.2, 0) is 19.1 Å². The minimum Gasteiger partial charge on any atom is -0.463 e. The Hall–Kier alpha value is -1.10. The molecule has 1 N–H and O–H groups in total. The molecule has 5 nitrogen and oxygen atoms in total. The summed E-state index contributed by atoms with van der Waals surface area (Å²) >= 11 is 0. The molecule has 0 bridgehead atoms. The molecule has 0 amide bonds. The van der Waals surface area contributed by atoms with Gasteiger partial charge in [0.05, 0.1) is 0 Å². The van der Waals surface area contributed by atoms with E-state index in [4.69, 9.17) is 9.47 Å². The average molecular weight is 597 g/mol. The van der Waals surface area contributed by atoms with Crippen molar-refractivity contribution >= 4 is 11.9 Å². The summed E-state index contributed by atoms with van der Waals surface area (Å²) in [6, 6.07) is 0. The van der Waals surface area contributed by atoms with Crippen molar-refractivity contribution < 1.29 is 24.2 Å². The fourth-order valence-electron chi connectivity index (χ4n) is 5.33. The summed E-state index contributed by atoms with van der Waals surface area (Å²) in [5.74, 6) is 1.17. The topological polar surface area (TPSA) is 72.8 Å². The SMILES string of the molecule is CCC(C)CCCCCCCCCCCCCCCCC(=O)OC[C@H](O)COC(=O)CCCCCCCCC(C)CC. The summed E-state index contributed by atoms with van der Waals surface area (Å²) in [6.07, 6.45) is 30.1. The Labute approximate surface area is 261 Å². The minimum atomic E-state index is -0.956. The summed E-state index contributed by atoms with van der Waals surface area (Å²) in [5, 5.41) is 9.97. The van der Waals surface area contributed by atoms with E-state index in [-0.39, 0.29) is 25.2 Å². The summed E-state index contributed by atoms with van der Waals surface area (Å²) in [6.45, 7) is 9.01. The van der Waals surface area contributed by atoms with Gasteiger partial charge in [-0.25, -0.2) is 0 Å². The van der Waals surface area contributed by atoms with Crippen LogP contribution in [0.25, 0.3) is 0 Å². The van der Waals surface area contributed by atoms with Crippen molar-refractivity contribution in [2.45, 2.75) is 201 Å². The summed E-state index contributed by atoms with van der Waals surface area (Å²) < 4.78 is 10.3. The van der Waals surface area contributed by atoms with Crippen LogP contribution >= 0.6 is 0 Å². The molecule has 0 spiro atoms. The van der Waals surface area contributed by atoms with Crippen LogP contribution in [0, 0.1) is 11.8 Å². The van der Waals surface area contributed by atoms with E-state index < -0.39 is 6.10 Å². The van der Waals surface area contributed by atoms with Gasteiger partial charge in [0.25, 0.3) is 0 Å². The highest BCUT2D eigenvalue weighted by molar-refractivity contribution is 5.69. The second-order valence-corrected chi connectivity index (χ2v) is 13.2. The third-order valence-electron chi connectivity index (χ3n) is 8.92. The number of aliphatic hydroxyl groups excluding tert-OH is 1. The van der Waals surface area contributed by atoms with Crippen LogP contribution in [0.3, 0.4) is 0 Å². The highest BCUT2D eigenvalue weighted by Crippen LogP contribution is 2.17. The molecule has 0 aromatic carbocycles. The maximum Gasteiger partial charge on any atom is 0.305 e. The molecule has 3 atom stereocenters. The highest BCUT2D eigenvalue weighted by atomic mass is 16.6. The molecule has 0 aromatic rings. The maximum atomic E-state index is 11.9. The van der Waals surface area contributed by atoms with Crippen LogP contribution < -0.4 is 0 Å². The first-order chi connectivity index (χ1) is 20.4. The number of hydrogen-bond donors (Lipinski definition) is 1. The lowest BCUT2D eigenvalue weighted by Crippen LogP contribution is -2.25. The molecular weight excluding hydrogens is 524 g/mol. The zero-order valence-corrected chi connectivity index (χ0v) is 28.6. The fraction of sp³-hybridized carbons (Fsp3) is 0.946. The van der Waals surface area contributed by atoms with Crippen molar-refractivity contribution in [3.05, 3.63) is 0 Å². The summed E-state index contributed by atoms with van der Waals surface area (Å²) in [5.41, 5.74) is 0. The number of aliphatic hydroxyl groups is 1. The third-order valence-corrected chi connectivity index (χ3v) is 8.92. The monoisotopic (exact) mass is 597 g/mol. The summed E-state index contributed by atoms with van der Waals surface area (Å²) in [7, 11) is 0. The Morgan fingerprint density at radius 1 is 0.476 bits per heavy atom. The molecule has 0 radical (unpaired) electrons. The highest BCUT2D eigenvalue weighted by Gasteiger charge is 2.12. The van der Waals surface area contributed by atoms with Crippen molar-refractivity contribution in [3.63, 3.8) is 0 Å². The normalized spacial score (nSPS) is 13.5. The van der Waals surface area contributed by atoms with E-state index in [9.17, 15) is 14.7 Å². The molecule has 250 valence electrons. The smallest absolute Gasteiger partial charge is 0.305 e. The fourth-order valence-corrected chi connectivity index (χ4v) is 5.33. The zero-order valence-electron chi connectivity index (χ0n) is 28.6. The predicted octanol–water partition coefficient (Wildman–Crippen LogP) is 10.9. The first-order valence-corrected chi connectivity index (χ1v) is 18.4. The van der Waals surface area contributed by atoms with Gasteiger partial charge in [-0.2, -0.15) is 0 Å². The third kappa shape index (κ3) is 30.4. The number of esters is 2. The van der Waals surface area contributed by atoms with Crippen molar-refractivity contribution in [1.82, 2.24) is 0 Å². The van der Waals surface area contributed by atoms with Crippen molar-refractivity contribution in [2.24, 2.45) is 11.8 Å². The first-order valence-electron chi connectivity index (χ1n) is 18.4. The molecule has 0 aliphatic rings. The van der Waals surface area contributed by atoms with Gasteiger partial charge < -0.3 is 14.6 Å². The number of unbranched alkanes of at least 4 members (excludes halogenated alkanes) is 18. The molecular formula is C37H72O5. The Morgan fingerprint density at radius 2 is 0.738 bits per heavy atom. The molecule has 2 unspecified atom stereocenters. The van der Waals surface area contributed by atoms with Crippen LogP contribution in [0.1, 0.15) is 195 Å². The standard InChI is InChI=1S/C37H72O5/c1-5-33(3)27-23-19-15-13-11-9-7-8-10-12-14-16-21-25-29-36(39)41-31-35(38)32-42-37(40)30-26-22-18-17-20-24-28-34(4)6-2/h33-35,38H,5-32H2,1-4H3/t33?,34?,35-/m0/s1. The number of rotatable bonds is 32. The van der Waals surface area contributed by atoms with Crippen molar-refractivity contribution in [1.29, 1.82) is 0 Å². The number of carbonyl (C=O) groups is 2. The molecule has 5 heteroatoms. The van der Waals surface area contributed by atoms with Crippen LogP contribution in [0.5, 0.6) is 0 Å². The predicted molar refractivity (Wildman–Crippen MR) is 178 cm³/mol. The van der Waals surface area contributed by atoms with Crippen molar-refractivity contribution in [3.8, 4) is 0 Å². The Bertz CT molecular complexity index is 593. The van der Waals surface area contributed by atoms with Gasteiger partial charge in [0.2, 0.25) is 0 Å². The van der Waals surface area contributed by atoms with E-state index in [1.54, 1.807) is 0 Å². The van der Waals surface area contributed by atoms with E-state index in [0.717, 1.165) is 43.9 Å². The molecule has 0 aromatic heterocycles. The quantitative estimate of drug-likeness (QED) is 0.0617. The Morgan fingerprint density at radius 3 is 1.02 bits per heavy atom. The second-order valence-electron chi connectivity index (χ2n) is 13.2. The molecule has 0 fully saturated rings.